The Morgan fingerprint density at radius 2 is 1.54 bits per heavy atom. The van der Waals surface area contributed by atoms with Crippen molar-refractivity contribution in [3.05, 3.63) is 35.9 Å². The summed E-state index contributed by atoms with van der Waals surface area (Å²) in [5, 5.41) is 0. The summed E-state index contributed by atoms with van der Waals surface area (Å²) in [5.74, 6) is 0. The fourth-order valence-corrected chi connectivity index (χ4v) is 0.784. The minimum Gasteiger partial charge on any atom is -0.314 e. The Morgan fingerprint density at radius 3 is 1.69 bits per heavy atom. The van der Waals surface area contributed by atoms with Gasteiger partial charge in [0.2, 0.25) is 0 Å². The lowest BCUT2D eigenvalue weighted by Gasteiger charge is -1.89. The highest BCUT2D eigenvalue weighted by molar-refractivity contribution is 7.33. The van der Waals surface area contributed by atoms with Crippen molar-refractivity contribution in [1.29, 1.82) is 0 Å². The summed E-state index contributed by atoms with van der Waals surface area (Å²) >= 11 is 0. The molecule has 0 aliphatic carbocycles. The van der Waals surface area contributed by atoms with Crippen LogP contribution in [0.25, 0.3) is 0 Å². The van der Waals surface area contributed by atoms with E-state index in [-0.39, 0.29) is 0 Å². The van der Waals surface area contributed by atoms with Crippen molar-refractivity contribution in [3.8, 4) is 0 Å². The van der Waals surface area contributed by atoms with E-state index in [0.717, 1.165) is 0 Å². The molecule has 0 bridgehead atoms. The molecule has 0 fully saturated rings. The van der Waals surface area contributed by atoms with Gasteiger partial charge in [-0.15, -0.1) is 0 Å². The van der Waals surface area contributed by atoms with Crippen LogP contribution in [0.4, 0.5) is 0 Å². The van der Waals surface area contributed by atoms with E-state index in [1.165, 1.54) is 19.8 Å². The lowest BCUT2D eigenvalue weighted by molar-refractivity contribution is 0.302. The van der Waals surface area contributed by atoms with Gasteiger partial charge in [-0.1, -0.05) is 35.9 Å². The molecule has 74 valence electrons. The monoisotopic (exact) mass is 202 g/mol. The summed E-state index contributed by atoms with van der Waals surface area (Å²) in [6.07, 6.45) is 0. The molecule has 4 heteroatoms. The maximum absolute atomic E-state index is 9.92. The van der Waals surface area contributed by atoms with E-state index in [4.69, 9.17) is 0 Å². The molecule has 0 aliphatic heterocycles. The standard InChI is InChI=1S/C7H8.C2H7O3P/c1-7-5-3-2-4-6-7;1-4-6(3)5-2/h2-6H,1H3;6H,1-2H3. The number of rotatable bonds is 2. The van der Waals surface area contributed by atoms with Gasteiger partial charge in [0.15, 0.2) is 0 Å². The molecular weight excluding hydrogens is 187 g/mol. The number of hydrogen-bond acceptors (Lipinski definition) is 3. The number of benzene rings is 1. The zero-order chi connectivity index (χ0) is 10.1. The van der Waals surface area contributed by atoms with Gasteiger partial charge < -0.3 is 9.05 Å². The second kappa shape index (κ2) is 7.99. The van der Waals surface area contributed by atoms with Crippen LogP contribution in [0.5, 0.6) is 0 Å². The third kappa shape index (κ3) is 7.72. The summed E-state index contributed by atoms with van der Waals surface area (Å²) in [4.78, 5) is 0. The molecule has 1 rings (SSSR count). The van der Waals surface area contributed by atoms with Gasteiger partial charge in [0.25, 0.3) is 0 Å². The molecule has 0 radical (unpaired) electrons. The van der Waals surface area contributed by atoms with Crippen molar-refractivity contribution >= 4 is 8.25 Å². The van der Waals surface area contributed by atoms with Crippen molar-refractivity contribution in [1.82, 2.24) is 0 Å². The smallest absolute Gasteiger partial charge is 0.314 e. The van der Waals surface area contributed by atoms with Crippen molar-refractivity contribution in [2.45, 2.75) is 6.92 Å². The van der Waals surface area contributed by atoms with Crippen molar-refractivity contribution in [2.24, 2.45) is 0 Å². The molecule has 0 heterocycles. The molecule has 0 aromatic heterocycles. The van der Waals surface area contributed by atoms with Crippen LogP contribution < -0.4 is 0 Å². The van der Waals surface area contributed by atoms with E-state index in [2.05, 4.69) is 28.1 Å². The van der Waals surface area contributed by atoms with E-state index >= 15 is 0 Å². The first kappa shape index (κ1) is 12.4. The molecule has 0 saturated heterocycles. The molecule has 1 aromatic rings. The van der Waals surface area contributed by atoms with E-state index in [0.29, 0.717) is 0 Å². The highest BCUT2D eigenvalue weighted by Gasteiger charge is 1.83. The molecule has 0 amide bonds. The summed E-state index contributed by atoms with van der Waals surface area (Å²) in [5.41, 5.74) is 1.32. The van der Waals surface area contributed by atoms with Crippen molar-refractivity contribution in [3.63, 3.8) is 0 Å². The highest BCUT2D eigenvalue weighted by atomic mass is 31.1. The van der Waals surface area contributed by atoms with Gasteiger partial charge in [0.05, 0.1) is 0 Å². The third-order valence-electron chi connectivity index (χ3n) is 1.27. The average molecular weight is 202 g/mol. The first-order valence-electron chi connectivity index (χ1n) is 3.84. The largest absolute Gasteiger partial charge is 0.318 e. The Bertz CT molecular complexity index is 230. The van der Waals surface area contributed by atoms with Crippen LogP contribution in [0.3, 0.4) is 0 Å². The van der Waals surface area contributed by atoms with Crippen LogP contribution in [-0.2, 0) is 13.6 Å². The Morgan fingerprint density at radius 1 is 1.08 bits per heavy atom. The molecule has 0 spiro atoms. The zero-order valence-electron chi connectivity index (χ0n) is 8.11. The van der Waals surface area contributed by atoms with Gasteiger partial charge in [-0.2, -0.15) is 0 Å². The molecular formula is C9H15O3P. The molecule has 1 aromatic carbocycles. The predicted octanol–water partition coefficient (Wildman–Crippen LogP) is 2.66. The quantitative estimate of drug-likeness (QED) is 0.691. The SMILES string of the molecule is CO[PH](=O)OC.Cc1ccccc1. The molecule has 0 saturated carbocycles. The fraction of sp³-hybridized carbons (Fsp3) is 0.333. The van der Waals surface area contributed by atoms with E-state index in [1.807, 2.05) is 18.2 Å². The summed E-state index contributed by atoms with van der Waals surface area (Å²) < 4.78 is 18.4. The van der Waals surface area contributed by atoms with Gasteiger partial charge in [-0.3, -0.25) is 4.57 Å². The van der Waals surface area contributed by atoms with E-state index in [1.54, 1.807) is 0 Å². The maximum atomic E-state index is 9.92. The molecule has 13 heavy (non-hydrogen) atoms. The van der Waals surface area contributed by atoms with E-state index < -0.39 is 8.25 Å². The third-order valence-corrected chi connectivity index (χ3v) is 1.94. The molecule has 0 unspecified atom stereocenters. The first-order valence-corrected chi connectivity index (χ1v) is 5.06. The van der Waals surface area contributed by atoms with Crippen LogP contribution in [0.15, 0.2) is 30.3 Å². The zero-order valence-corrected chi connectivity index (χ0v) is 9.11. The first-order chi connectivity index (χ1) is 6.20. The fourth-order valence-electron chi connectivity index (χ4n) is 0.618. The van der Waals surface area contributed by atoms with Crippen LogP contribution in [0.2, 0.25) is 0 Å². The lowest BCUT2D eigenvalue weighted by atomic mass is 10.2. The minimum absolute atomic E-state index is 1.32. The Labute approximate surface area is 79.6 Å². The second-order valence-corrected chi connectivity index (χ2v) is 3.63. The van der Waals surface area contributed by atoms with Crippen molar-refractivity contribution in [2.75, 3.05) is 14.2 Å². The van der Waals surface area contributed by atoms with Crippen LogP contribution in [0, 0.1) is 6.92 Å². The summed E-state index contributed by atoms with van der Waals surface area (Å²) in [6.45, 7) is 2.08. The lowest BCUT2D eigenvalue weighted by Crippen LogP contribution is -1.66. The van der Waals surface area contributed by atoms with Gasteiger partial charge in [0.1, 0.15) is 0 Å². The van der Waals surface area contributed by atoms with E-state index in [9.17, 15) is 4.57 Å². The topological polar surface area (TPSA) is 35.5 Å². The Hall–Kier alpha value is -0.630. The van der Waals surface area contributed by atoms with Crippen LogP contribution in [0.1, 0.15) is 5.56 Å². The second-order valence-electron chi connectivity index (χ2n) is 2.31. The Kier molecular flexibility index (Phi) is 7.60. The van der Waals surface area contributed by atoms with Crippen LogP contribution >= 0.6 is 8.25 Å². The van der Waals surface area contributed by atoms with Gasteiger partial charge in [-0.05, 0) is 6.92 Å². The molecule has 3 nitrogen and oxygen atoms in total. The van der Waals surface area contributed by atoms with Gasteiger partial charge in [0, 0.05) is 14.2 Å². The normalized spacial score (nSPS) is 9.23. The molecule has 0 atom stereocenters. The van der Waals surface area contributed by atoms with Crippen molar-refractivity contribution < 1.29 is 13.6 Å². The Balaban J connectivity index is 0.000000226. The minimum atomic E-state index is -2.12. The summed E-state index contributed by atoms with van der Waals surface area (Å²) in [6, 6.07) is 10.3. The van der Waals surface area contributed by atoms with Crippen LogP contribution in [-0.4, -0.2) is 14.2 Å². The number of aryl methyl sites for hydroxylation is 1. The van der Waals surface area contributed by atoms with Gasteiger partial charge in [-0.25, -0.2) is 0 Å². The predicted molar refractivity (Wildman–Crippen MR) is 54.2 cm³/mol. The number of hydrogen-bond donors (Lipinski definition) is 0. The van der Waals surface area contributed by atoms with Gasteiger partial charge >= 0.3 is 8.25 Å². The maximum Gasteiger partial charge on any atom is 0.318 e. The summed E-state index contributed by atoms with van der Waals surface area (Å²) in [7, 11) is 0.558. The molecule has 0 aliphatic rings. The molecule has 0 N–H and O–H groups in total. The average Bonchev–Trinajstić information content (AvgIpc) is 2.19. The highest BCUT2D eigenvalue weighted by Crippen LogP contribution is 2.18.